The Morgan fingerprint density at radius 2 is 2.32 bits per heavy atom. The number of aromatic nitrogens is 1. The number of rotatable bonds is 6. The van der Waals surface area contributed by atoms with Crippen molar-refractivity contribution in [3.8, 4) is 0 Å². The van der Waals surface area contributed by atoms with E-state index in [-0.39, 0.29) is 0 Å². The minimum atomic E-state index is 0.786. The minimum Gasteiger partial charge on any atom is -0.357 e. The van der Waals surface area contributed by atoms with E-state index in [2.05, 4.69) is 42.0 Å². The van der Waals surface area contributed by atoms with Gasteiger partial charge in [-0.05, 0) is 43.7 Å². The molecule has 4 nitrogen and oxygen atoms in total. The van der Waals surface area contributed by atoms with Crippen LogP contribution in [0.25, 0.3) is 0 Å². The van der Waals surface area contributed by atoms with Crippen molar-refractivity contribution < 1.29 is 0 Å². The quantitative estimate of drug-likeness (QED) is 0.649. The number of nitrogens with zero attached hydrogens (tertiary/aromatic N) is 3. The number of pyridine rings is 1. The second-order valence-electron chi connectivity index (χ2n) is 6.54. The van der Waals surface area contributed by atoms with E-state index in [1.165, 1.54) is 12.8 Å². The van der Waals surface area contributed by atoms with Crippen LogP contribution in [0.15, 0.2) is 29.4 Å². The highest BCUT2D eigenvalue weighted by Gasteiger charge is 2.25. The highest BCUT2D eigenvalue weighted by atomic mass is 15.3. The Bertz CT molecular complexity index is 455. The molecule has 1 aliphatic heterocycles. The van der Waals surface area contributed by atoms with Crippen molar-refractivity contribution in [3.05, 3.63) is 30.1 Å². The van der Waals surface area contributed by atoms with Gasteiger partial charge in [-0.25, -0.2) is 0 Å². The van der Waals surface area contributed by atoms with Gasteiger partial charge in [0, 0.05) is 44.5 Å². The third-order valence-corrected chi connectivity index (χ3v) is 4.08. The molecule has 0 bridgehead atoms. The first kappa shape index (κ1) is 16.8. The summed E-state index contributed by atoms with van der Waals surface area (Å²) in [4.78, 5) is 11.6. The zero-order valence-corrected chi connectivity index (χ0v) is 14.3. The summed E-state index contributed by atoms with van der Waals surface area (Å²) in [7, 11) is 0. The van der Waals surface area contributed by atoms with Gasteiger partial charge in [-0.2, -0.15) is 0 Å². The Labute approximate surface area is 135 Å². The highest BCUT2D eigenvalue weighted by Crippen LogP contribution is 2.23. The summed E-state index contributed by atoms with van der Waals surface area (Å²) in [5.41, 5.74) is 1.11. The predicted molar refractivity (Wildman–Crippen MR) is 93.1 cm³/mol. The van der Waals surface area contributed by atoms with Crippen LogP contribution in [0, 0.1) is 11.8 Å². The van der Waals surface area contributed by atoms with Crippen molar-refractivity contribution in [1.29, 1.82) is 0 Å². The molecule has 0 saturated carbocycles. The topological polar surface area (TPSA) is 40.5 Å². The van der Waals surface area contributed by atoms with Crippen molar-refractivity contribution >= 4 is 5.96 Å². The van der Waals surface area contributed by atoms with E-state index in [1.807, 2.05) is 18.3 Å². The maximum absolute atomic E-state index is 4.80. The minimum absolute atomic E-state index is 0.786. The summed E-state index contributed by atoms with van der Waals surface area (Å²) >= 11 is 0. The van der Waals surface area contributed by atoms with Crippen LogP contribution < -0.4 is 5.32 Å². The highest BCUT2D eigenvalue weighted by molar-refractivity contribution is 5.80. The molecule has 1 aromatic heterocycles. The molecular weight excluding hydrogens is 272 g/mol. The SMILES string of the molecule is CCNC(=NCCc1ccccn1)N1CCC(CC(C)C)C1. The first-order valence-corrected chi connectivity index (χ1v) is 8.62. The average molecular weight is 302 g/mol. The van der Waals surface area contributed by atoms with E-state index in [4.69, 9.17) is 4.99 Å². The molecule has 0 spiro atoms. The van der Waals surface area contributed by atoms with Crippen LogP contribution >= 0.6 is 0 Å². The summed E-state index contributed by atoms with van der Waals surface area (Å²) in [5.74, 6) is 2.68. The summed E-state index contributed by atoms with van der Waals surface area (Å²) in [5, 5.41) is 3.44. The molecule has 1 N–H and O–H groups in total. The van der Waals surface area contributed by atoms with Crippen molar-refractivity contribution in [2.75, 3.05) is 26.2 Å². The standard InChI is InChI=1S/C18H30N4/c1-4-19-18(21-11-8-17-7-5-6-10-20-17)22-12-9-16(14-22)13-15(2)3/h5-7,10,15-16H,4,8-9,11-14H2,1-3H3,(H,19,21). The third kappa shape index (κ3) is 5.32. The zero-order valence-electron chi connectivity index (χ0n) is 14.3. The third-order valence-electron chi connectivity index (χ3n) is 4.08. The Hall–Kier alpha value is -1.58. The van der Waals surface area contributed by atoms with Gasteiger partial charge in [0.25, 0.3) is 0 Å². The van der Waals surface area contributed by atoms with Crippen LogP contribution in [0.5, 0.6) is 0 Å². The first-order valence-electron chi connectivity index (χ1n) is 8.62. The monoisotopic (exact) mass is 302 g/mol. The van der Waals surface area contributed by atoms with Gasteiger partial charge in [0.05, 0.1) is 0 Å². The van der Waals surface area contributed by atoms with E-state index >= 15 is 0 Å². The maximum atomic E-state index is 4.80. The van der Waals surface area contributed by atoms with Gasteiger partial charge in [-0.3, -0.25) is 9.98 Å². The van der Waals surface area contributed by atoms with Gasteiger partial charge in [0.2, 0.25) is 0 Å². The molecule has 4 heteroatoms. The Morgan fingerprint density at radius 1 is 1.45 bits per heavy atom. The van der Waals surface area contributed by atoms with E-state index in [1.54, 1.807) is 0 Å². The molecule has 1 atom stereocenters. The second-order valence-corrected chi connectivity index (χ2v) is 6.54. The fraction of sp³-hybridized carbons (Fsp3) is 0.667. The molecule has 0 radical (unpaired) electrons. The molecule has 2 heterocycles. The first-order chi connectivity index (χ1) is 10.7. The number of nitrogens with one attached hydrogen (secondary N) is 1. The lowest BCUT2D eigenvalue weighted by molar-refractivity contribution is 0.403. The molecule has 0 aromatic carbocycles. The van der Waals surface area contributed by atoms with Crippen LogP contribution in [0.2, 0.25) is 0 Å². The van der Waals surface area contributed by atoms with Crippen molar-refractivity contribution in [1.82, 2.24) is 15.2 Å². The lowest BCUT2D eigenvalue weighted by atomic mass is 9.97. The fourth-order valence-electron chi connectivity index (χ4n) is 3.13. The molecular formula is C18H30N4. The van der Waals surface area contributed by atoms with Crippen LogP contribution in [-0.4, -0.2) is 42.0 Å². The smallest absolute Gasteiger partial charge is 0.193 e. The molecule has 1 fully saturated rings. The fourth-order valence-corrected chi connectivity index (χ4v) is 3.13. The molecule has 1 aromatic rings. The van der Waals surface area contributed by atoms with Gasteiger partial charge in [-0.15, -0.1) is 0 Å². The lowest BCUT2D eigenvalue weighted by Crippen LogP contribution is -2.40. The Balaban J connectivity index is 1.87. The van der Waals surface area contributed by atoms with Gasteiger partial charge < -0.3 is 10.2 Å². The zero-order chi connectivity index (χ0) is 15.8. The predicted octanol–water partition coefficient (Wildman–Crippen LogP) is 2.96. The lowest BCUT2D eigenvalue weighted by Gasteiger charge is -2.22. The largest absolute Gasteiger partial charge is 0.357 e. The molecule has 0 aliphatic carbocycles. The molecule has 1 unspecified atom stereocenters. The van der Waals surface area contributed by atoms with E-state index in [9.17, 15) is 0 Å². The van der Waals surface area contributed by atoms with Crippen molar-refractivity contribution in [2.45, 2.75) is 40.0 Å². The summed E-state index contributed by atoms with van der Waals surface area (Å²) in [6.07, 6.45) is 5.37. The molecule has 0 amide bonds. The Morgan fingerprint density at radius 3 is 3.00 bits per heavy atom. The number of guanidine groups is 1. The molecule has 2 rings (SSSR count). The molecule has 1 saturated heterocycles. The summed E-state index contributed by atoms with van der Waals surface area (Å²) in [6.45, 7) is 10.8. The normalized spacial score (nSPS) is 19.0. The average Bonchev–Trinajstić information content (AvgIpc) is 2.95. The Kier molecular flexibility index (Phi) is 6.69. The second kappa shape index (κ2) is 8.76. The van der Waals surface area contributed by atoms with E-state index in [0.29, 0.717) is 0 Å². The van der Waals surface area contributed by atoms with Gasteiger partial charge in [0.1, 0.15) is 0 Å². The van der Waals surface area contributed by atoms with E-state index < -0.39 is 0 Å². The van der Waals surface area contributed by atoms with Gasteiger partial charge in [-0.1, -0.05) is 19.9 Å². The van der Waals surface area contributed by atoms with Crippen LogP contribution in [0.1, 0.15) is 39.3 Å². The number of likely N-dealkylation sites (tertiary alicyclic amines) is 1. The van der Waals surface area contributed by atoms with E-state index in [0.717, 1.165) is 56.1 Å². The van der Waals surface area contributed by atoms with Crippen LogP contribution in [0.3, 0.4) is 0 Å². The van der Waals surface area contributed by atoms with Crippen molar-refractivity contribution in [3.63, 3.8) is 0 Å². The van der Waals surface area contributed by atoms with Crippen molar-refractivity contribution in [2.24, 2.45) is 16.8 Å². The van der Waals surface area contributed by atoms with Gasteiger partial charge >= 0.3 is 0 Å². The molecule has 1 aliphatic rings. The summed E-state index contributed by atoms with van der Waals surface area (Å²) in [6, 6.07) is 6.06. The van der Waals surface area contributed by atoms with Crippen LogP contribution in [0.4, 0.5) is 0 Å². The number of hydrogen-bond donors (Lipinski definition) is 1. The molecule has 22 heavy (non-hydrogen) atoms. The summed E-state index contributed by atoms with van der Waals surface area (Å²) < 4.78 is 0. The number of aliphatic imine (C=N–C) groups is 1. The molecule has 122 valence electrons. The van der Waals surface area contributed by atoms with Crippen LogP contribution in [-0.2, 0) is 6.42 Å². The van der Waals surface area contributed by atoms with Gasteiger partial charge in [0.15, 0.2) is 5.96 Å². The maximum Gasteiger partial charge on any atom is 0.193 e. The number of hydrogen-bond acceptors (Lipinski definition) is 2.